The van der Waals surface area contributed by atoms with E-state index in [1.165, 1.54) is 23.8 Å². The fraction of sp³-hybridized carbons (Fsp3) is 0.346. The zero-order valence-corrected chi connectivity index (χ0v) is 30.0. The number of hydrogen-bond donors (Lipinski definition) is 7. The lowest BCUT2D eigenvalue weighted by Crippen LogP contribution is -2.29. The highest BCUT2D eigenvalue weighted by Crippen LogP contribution is 2.66. The minimum Gasteiger partial charge on any atom is -0.441 e. The van der Waals surface area contributed by atoms with Crippen LogP contribution in [-0.2, 0) is 41.1 Å². The molecule has 8 N–H and O–H groups in total. The predicted molar refractivity (Wildman–Crippen MR) is 176 cm³/mol. The third kappa shape index (κ3) is 11.1. The first-order valence-electron chi connectivity index (χ1n) is 14.7. The molecule has 6 atom stereocenters. The Bertz CT molecular complexity index is 2220. The van der Waals surface area contributed by atoms with Gasteiger partial charge in [0.2, 0.25) is 5.95 Å². The third-order valence-electron chi connectivity index (χ3n) is 6.97. The minimum atomic E-state index is -5.80. The number of amides is 1. The van der Waals surface area contributed by atoms with E-state index in [4.69, 9.17) is 34.3 Å². The highest BCUT2D eigenvalue weighted by molar-refractivity contribution is 7.66. The predicted octanol–water partition coefficient (Wildman–Crippen LogP) is 2.53. The maximum atomic E-state index is 13.8. The number of ether oxygens (including phenoxy) is 3. The average Bonchev–Trinajstić information content (AvgIpc) is 3.61. The van der Waals surface area contributed by atoms with Crippen molar-refractivity contribution in [3.63, 3.8) is 0 Å². The number of nitro benzene ring substituents is 1. The first kappa shape index (κ1) is 42.3. The van der Waals surface area contributed by atoms with E-state index in [9.17, 15) is 52.0 Å². The van der Waals surface area contributed by atoms with Crippen molar-refractivity contribution in [2.24, 2.45) is 0 Å². The van der Waals surface area contributed by atoms with Gasteiger partial charge in [-0.2, -0.15) is 13.6 Å². The van der Waals surface area contributed by atoms with Crippen LogP contribution in [-0.4, -0.2) is 77.1 Å². The second-order valence-corrected chi connectivity index (χ2v) is 15.2. The first-order valence-corrected chi connectivity index (χ1v) is 19.2. The fourth-order valence-corrected chi connectivity index (χ4v) is 7.93. The molecule has 0 spiro atoms. The molecule has 0 saturated carbocycles. The summed E-state index contributed by atoms with van der Waals surface area (Å²) in [5.74, 6) is 2.04. The summed E-state index contributed by atoms with van der Waals surface area (Å²) in [6, 6.07) is 0.879. The standard InChI is InChI=1S/C26H29F2N6O17P3/c1-3-7-46-19-10-21(49-20(19)12-47-53(42,43)51-54(44,45)50-52(39,40)41)33-11-14(22-23(33)31-25(29)32-24(22)35)5-4-6-30-26(36)48-13(2)15-8-16(27)17(28)9-18(15)34(37)38/h3,8-9,11,13,19-21H,1,6-7,10,12H2,2H3,(H,30,36)(H,42,43)(H,44,45)(H2,39,40,41)(H3,29,31,32,35)/t13?,19-,20+,21+/m0/s1. The number of nitrogen functional groups attached to an aromatic ring is 1. The molecule has 28 heteroatoms. The van der Waals surface area contributed by atoms with Gasteiger partial charge in [0.25, 0.3) is 11.2 Å². The average molecular weight is 828 g/mol. The SMILES string of the molecule is C=CCO[C@H]1C[C@H](n2cc(C#CCNC(=O)OC(C)c3cc(F)c(F)cc3[N+](=O)[O-])c3c(=O)[nH]c(N)nc32)O[C@@H]1COP(=O)(O)OP(=O)(O)OP(=O)(O)O. The molecule has 1 aliphatic rings. The molecule has 0 bridgehead atoms. The number of phosphoric acid groups is 3. The highest BCUT2D eigenvalue weighted by Gasteiger charge is 2.43. The Hall–Kier alpha value is -4.40. The number of nitrogens with one attached hydrogen (secondary N) is 2. The van der Waals surface area contributed by atoms with Gasteiger partial charge in [0.15, 0.2) is 17.3 Å². The molecular weight excluding hydrogens is 799 g/mol. The second kappa shape index (κ2) is 17.0. The number of aromatic nitrogens is 3. The second-order valence-electron chi connectivity index (χ2n) is 10.8. The van der Waals surface area contributed by atoms with E-state index in [1.807, 2.05) is 0 Å². The Morgan fingerprint density at radius 2 is 1.94 bits per heavy atom. The molecule has 3 aromatic rings. The number of carbonyl (C=O) groups is 1. The first-order chi connectivity index (χ1) is 25.1. The van der Waals surface area contributed by atoms with E-state index in [0.717, 1.165) is 0 Å². The molecule has 0 aliphatic carbocycles. The molecule has 2 aromatic heterocycles. The molecule has 54 heavy (non-hydrogen) atoms. The van der Waals surface area contributed by atoms with Crippen LogP contribution >= 0.6 is 23.5 Å². The Morgan fingerprint density at radius 1 is 1.26 bits per heavy atom. The number of benzene rings is 1. The van der Waals surface area contributed by atoms with E-state index in [0.29, 0.717) is 12.1 Å². The van der Waals surface area contributed by atoms with E-state index in [-0.39, 0.29) is 35.6 Å². The summed E-state index contributed by atoms with van der Waals surface area (Å²) in [4.78, 5) is 78.8. The molecule has 3 heterocycles. The van der Waals surface area contributed by atoms with E-state index in [1.54, 1.807) is 0 Å². The van der Waals surface area contributed by atoms with Gasteiger partial charge in [-0.05, 0) is 13.0 Å². The van der Waals surface area contributed by atoms with Crippen molar-refractivity contribution >= 4 is 52.2 Å². The third-order valence-corrected chi connectivity index (χ3v) is 10.8. The lowest BCUT2D eigenvalue weighted by atomic mass is 10.1. The number of nitro groups is 1. The summed E-state index contributed by atoms with van der Waals surface area (Å²) >= 11 is 0. The molecule has 23 nitrogen and oxygen atoms in total. The maximum Gasteiger partial charge on any atom is 0.490 e. The van der Waals surface area contributed by atoms with Crippen LogP contribution in [0.4, 0.5) is 25.2 Å². The Kier molecular flexibility index (Phi) is 13.3. The molecule has 294 valence electrons. The number of H-pyrrole nitrogens is 1. The normalized spacial score (nSPS) is 19.9. The van der Waals surface area contributed by atoms with Crippen LogP contribution in [0.1, 0.15) is 36.8 Å². The van der Waals surface area contributed by atoms with E-state index >= 15 is 0 Å². The van der Waals surface area contributed by atoms with Crippen LogP contribution in [0.2, 0.25) is 0 Å². The number of phosphoric ester groups is 1. The number of hydrogen-bond acceptors (Lipinski definition) is 15. The summed E-state index contributed by atoms with van der Waals surface area (Å²) in [5.41, 5.74) is 3.76. The van der Waals surface area contributed by atoms with Crippen molar-refractivity contribution in [2.45, 2.75) is 37.9 Å². The number of fused-ring (bicyclic) bond motifs is 1. The van der Waals surface area contributed by atoms with Crippen molar-refractivity contribution in [1.82, 2.24) is 19.9 Å². The summed E-state index contributed by atoms with van der Waals surface area (Å²) in [7, 11) is -17.0. The Labute approximate surface area is 300 Å². The summed E-state index contributed by atoms with van der Waals surface area (Å²) in [5, 5.41) is 13.4. The zero-order chi connectivity index (χ0) is 40.2. The van der Waals surface area contributed by atoms with Crippen molar-refractivity contribution in [1.29, 1.82) is 0 Å². The molecule has 1 aromatic carbocycles. The number of rotatable bonds is 15. The summed E-state index contributed by atoms with van der Waals surface area (Å²) in [6.45, 7) is 3.37. The van der Waals surface area contributed by atoms with Crippen LogP contribution < -0.4 is 16.6 Å². The van der Waals surface area contributed by atoms with Gasteiger partial charge < -0.3 is 49.4 Å². The number of nitrogens with two attached hydrogens (primary N) is 1. The largest absolute Gasteiger partial charge is 0.490 e. The van der Waals surface area contributed by atoms with Crippen LogP contribution in [0.3, 0.4) is 0 Å². The van der Waals surface area contributed by atoms with Crippen molar-refractivity contribution in [2.75, 3.05) is 25.5 Å². The van der Waals surface area contributed by atoms with Crippen LogP contribution in [0, 0.1) is 33.6 Å². The highest BCUT2D eigenvalue weighted by atomic mass is 31.3. The van der Waals surface area contributed by atoms with Gasteiger partial charge in [-0.25, -0.2) is 27.3 Å². The smallest absolute Gasteiger partial charge is 0.441 e. The van der Waals surface area contributed by atoms with Crippen LogP contribution in [0.15, 0.2) is 35.8 Å². The molecule has 1 aliphatic heterocycles. The van der Waals surface area contributed by atoms with Gasteiger partial charge in [-0.1, -0.05) is 17.9 Å². The van der Waals surface area contributed by atoms with Crippen LogP contribution in [0.25, 0.3) is 11.0 Å². The quantitative estimate of drug-likeness (QED) is 0.0380. The van der Waals surface area contributed by atoms with Gasteiger partial charge >= 0.3 is 29.6 Å². The number of aromatic amines is 1. The number of nitrogens with zero attached hydrogens (tertiary/aromatic N) is 3. The molecule has 3 unspecified atom stereocenters. The fourth-order valence-electron chi connectivity index (χ4n) is 4.90. The topological polar surface area (TPSA) is 336 Å². The van der Waals surface area contributed by atoms with Gasteiger partial charge in [-0.15, -0.1) is 6.58 Å². The van der Waals surface area contributed by atoms with Gasteiger partial charge in [0.05, 0.1) is 53.4 Å². The van der Waals surface area contributed by atoms with Crippen molar-refractivity contribution in [3.05, 3.63) is 74.2 Å². The minimum absolute atomic E-state index is 0.0311. The molecule has 0 radical (unpaired) electrons. The van der Waals surface area contributed by atoms with E-state index < -0.39 is 101 Å². The maximum absolute atomic E-state index is 13.8. The summed E-state index contributed by atoms with van der Waals surface area (Å²) < 4.78 is 92.3. The molecular formula is C26H29F2N6O17P3. The van der Waals surface area contributed by atoms with Gasteiger partial charge in [0.1, 0.15) is 18.4 Å². The Morgan fingerprint density at radius 3 is 2.59 bits per heavy atom. The lowest BCUT2D eigenvalue weighted by molar-refractivity contribution is -0.386. The number of carbonyl (C=O) groups excluding carboxylic acids is 1. The molecule has 1 fully saturated rings. The zero-order valence-electron chi connectivity index (χ0n) is 27.3. The number of alkyl carbamates (subject to hydrolysis) is 1. The monoisotopic (exact) mass is 828 g/mol. The van der Waals surface area contributed by atoms with Gasteiger partial charge in [-0.3, -0.25) is 24.4 Å². The van der Waals surface area contributed by atoms with Crippen molar-refractivity contribution in [3.8, 4) is 11.8 Å². The number of halogens is 2. The van der Waals surface area contributed by atoms with Crippen LogP contribution in [0.5, 0.6) is 0 Å². The molecule has 1 amide bonds. The lowest BCUT2D eigenvalue weighted by Gasteiger charge is -2.21. The van der Waals surface area contributed by atoms with Crippen molar-refractivity contribution < 1.29 is 79.1 Å². The molecule has 1 saturated heterocycles. The molecule has 4 rings (SSSR count). The Balaban J connectivity index is 1.51. The van der Waals surface area contributed by atoms with E-state index in [2.05, 4.69) is 42.3 Å². The number of anilines is 1. The van der Waals surface area contributed by atoms with Gasteiger partial charge in [0, 0.05) is 12.6 Å². The summed E-state index contributed by atoms with van der Waals surface area (Å²) in [6.07, 6.45) is -3.16.